The Balaban J connectivity index is 1.78. The Kier molecular flexibility index (Phi) is 3.14. The lowest BCUT2D eigenvalue weighted by Crippen LogP contribution is -2.40. The average molecular weight is 190 g/mol. The van der Waals surface area contributed by atoms with Crippen molar-refractivity contribution in [2.24, 2.45) is 0 Å². The molecular weight excluding hydrogens is 172 g/mol. The third kappa shape index (κ3) is 2.13. The summed E-state index contributed by atoms with van der Waals surface area (Å²) in [5.74, 6) is 0.771. The summed E-state index contributed by atoms with van der Waals surface area (Å²) in [4.78, 5) is 4.04. The summed E-state index contributed by atoms with van der Waals surface area (Å²) in [6.45, 7) is 3.37. The van der Waals surface area contributed by atoms with Crippen LogP contribution in [0.1, 0.15) is 37.7 Å². The summed E-state index contributed by atoms with van der Waals surface area (Å²) in [7, 11) is 0. The summed E-state index contributed by atoms with van der Waals surface area (Å²) >= 11 is 0. The number of hydrogen-bond donors (Lipinski definition) is 1. The Morgan fingerprint density at radius 1 is 1.36 bits per heavy atom. The highest BCUT2D eigenvalue weighted by Crippen LogP contribution is 2.36. The maximum Gasteiger partial charge on any atom is 0.0270 e. The fourth-order valence-electron chi connectivity index (χ4n) is 2.04. The van der Waals surface area contributed by atoms with E-state index in [-0.39, 0.29) is 0 Å². The molecule has 1 saturated carbocycles. The standard InChI is InChI=1S/C12H18N2/c1-2-5-14-12-8-11(9-12)10-3-6-13-7-4-10/h3-4,6-7,11-12,14H,2,5,8-9H2,1H3. The molecule has 1 heterocycles. The molecule has 2 nitrogen and oxygen atoms in total. The summed E-state index contributed by atoms with van der Waals surface area (Å²) in [5.41, 5.74) is 1.45. The van der Waals surface area contributed by atoms with Gasteiger partial charge >= 0.3 is 0 Å². The Labute approximate surface area is 85.7 Å². The van der Waals surface area contributed by atoms with Crippen LogP contribution < -0.4 is 5.32 Å². The second kappa shape index (κ2) is 4.56. The fourth-order valence-corrected chi connectivity index (χ4v) is 2.04. The van der Waals surface area contributed by atoms with Crippen molar-refractivity contribution in [3.8, 4) is 0 Å². The predicted molar refractivity (Wildman–Crippen MR) is 58.3 cm³/mol. The number of aromatic nitrogens is 1. The van der Waals surface area contributed by atoms with Crippen LogP contribution in [0.3, 0.4) is 0 Å². The zero-order valence-corrected chi connectivity index (χ0v) is 8.74. The molecule has 0 spiro atoms. The first-order valence-corrected chi connectivity index (χ1v) is 5.53. The lowest BCUT2D eigenvalue weighted by Gasteiger charge is -2.36. The minimum atomic E-state index is 0.758. The number of nitrogens with one attached hydrogen (secondary N) is 1. The summed E-state index contributed by atoms with van der Waals surface area (Å²) in [5, 5.41) is 3.55. The molecule has 0 radical (unpaired) electrons. The van der Waals surface area contributed by atoms with E-state index in [1.165, 1.54) is 24.8 Å². The topological polar surface area (TPSA) is 24.9 Å². The van der Waals surface area contributed by atoms with E-state index in [0.29, 0.717) is 0 Å². The molecule has 76 valence electrons. The minimum Gasteiger partial charge on any atom is -0.314 e. The Morgan fingerprint density at radius 2 is 2.07 bits per heavy atom. The Bertz CT molecular complexity index is 265. The van der Waals surface area contributed by atoms with Gasteiger partial charge in [-0.2, -0.15) is 0 Å². The normalized spacial score (nSPS) is 25.8. The second-order valence-electron chi connectivity index (χ2n) is 4.10. The highest BCUT2D eigenvalue weighted by molar-refractivity contribution is 5.19. The highest BCUT2D eigenvalue weighted by atomic mass is 14.9. The van der Waals surface area contributed by atoms with Crippen LogP contribution >= 0.6 is 0 Å². The molecule has 0 aliphatic heterocycles. The van der Waals surface area contributed by atoms with Crippen molar-refractivity contribution in [2.45, 2.75) is 38.1 Å². The van der Waals surface area contributed by atoms with Gasteiger partial charge < -0.3 is 5.32 Å². The summed E-state index contributed by atoms with van der Waals surface area (Å²) in [6.07, 6.45) is 7.61. The van der Waals surface area contributed by atoms with Crippen molar-refractivity contribution in [3.05, 3.63) is 30.1 Å². The van der Waals surface area contributed by atoms with E-state index in [9.17, 15) is 0 Å². The minimum absolute atomic E-state index is 0.758. The second-order valence-corrected chi connectivity index (χ2v) is 4.10. The summed E-state index contributed by atoms with van der Waals surface area (Å²) < 4.78 is 0. The van der Waals surface area contributed by atoms with E-state index < -0.39 is 0 Å². The van der Waals surface area contributed by atoms with Crippen molar-refractivity contribution in [1.29, 1.82) is 0 Å². The SMILES string of the molecule is CCCNC1CC(c2ccncc2)C1. The van der Waals surface area contributed by atoms with Crippen LogP contribution in [0.4, 0.5) is 0 Å². The van der Waals surface area contributed by atoms with Gasteiger partial charge in [-0.25, -0.2) is 0 Å². The van der Waals surface area contributed by atoms with Crippen molar-refractivity contribution in [2.75, 3.05) is 6.54 Å². The monoisotopic (exact) mass is 190 g/mol. The van der Waals surface area contributed by atoms with Crippen molar-refractivity contribution >= 4 is 0 Å². The molecule has 1 N–H and O–H groups in total. The largest absolute Gasteiger partial charge is 0.314 e. The van der Waals surface area contributed by atoms with Gasteiger partial charge in [0.15, 0.2) is 0 Å². The van der Waals surface area contributed by atoms with Crippen LogP contribution in [0, 0.1) is 0 Å². The van der Waals surface area contributed by atoms with Crippen LogP contribution in [-0.2, 0) is 0 Å². The van der Waals surface area contributed by atoms with Gasteiger partial charge in [0.1, 0.15) is 0 Å². The highest BCUT2D eigenvalue weighted by Gasteiger charge is 2.29. The third-order valence-electron chi connectivity index (χ3n) is 3.00. The molecule has 1 aliphatic carbocycles. The molecule has 1 aromatic rings. The first-order chi connectivity index (χ1) is 6.90. The molecule has 0 bridgehead atoms. The summed E-state index contributed by atoms with van der Waals surface area (Å²) in [6, 6.07) is 5.04. The van der Waals surface area contributed by atoms with Crippen LogP contribution in [0.5, 0.6) is 0 Å². The van der Waals surface area contributed by atoms with Crippen LogP contribution in [0.15, 0.2) is 24.5 Å². The zero-order chi connectivity index (χ0) is 9.80. The number of pyridine rings is 1. The van der Waals surface area contributed by atoms with Gasteiger partial charge in [-0.05, 0) is 49.4 Å². The molecule has 0 amide bonds. The molecule has 0 atom stereocenters. The predicted octanol–water partition coefficient (Wildman–Crippen LogP) is 2.33. The molecule has 2 rings (SSSR count). The smallest absolute Gasteiger partial charge is 0.0270 e. The molecular formula is C12H18N2. The number of hydrogen-bond acceptors (Lipinski definition) is 2. The van der Waals surface area contributed by atoms with Gasteiger partial charge in [0, 0.05) is 18.4 Å². The molecule has 0 unspecified atom stereocenters. The number of nitrogens with zero attached hydrogens (tertiary/aromatic N) is 1. The quantitative estimate of drug-likeness (QED) is 0.788. The maximum atomic E-state index is 4.04. The van der Waals surface area contributed by atoms with Crippen molar-refractivity contribution in [1.82, 2.24) is 10.3 Å². The Hall–Kier alpha value is -0.890. The first-order valence-electron chi connectivity index (χ1n) is 5.53. The lowest BCUT2D eigenvalue weighted by atomic mass is 9.76. The molecule has 0 saturated heterocycles. The molecule has 1 aromatic heterocycles. The molecule has 1 aliphatic rings. The third-order valence-corrected chi connectivity index (χ3v) is 3.00. The van der Waals surface area contributed by atoms with Gasteiger partial charge in [0.25, 0.3) is 0 Å². The average Bonchev–Trinajstić information content (AvgIpc) is 2.17. The zero-order valence-electron chi connectivity index (χ0n) is 8.74. The fraction of sp³-hybridized carbons (Fsp3) is 0.583. The van der Waals surface area contributed by atoms with E-state index >= 15 is 0 Å². The van der Waals surface area contributed by atoms with Gasteiger partial charge in [-0.1, -0.05) is 6.92 Å². The van der Waals surface area contributed by atoms with Crippen molar-refractivity contribution < 1.29 is 0 Å². The Morgan fingerprint density at radius 3 is 2.71 bits per heavy atom. The van der Waals surface area contributed by atoms with Gasteiger partial charge in [0.05, 0.1) is 0 Å². The molecule has 0 aromatic carbocycles. The van der Waals surface area contributed by atoms with Gasteiger partial charge in [0.2, 0.25) is 0 Å². The van der Waals surface area contributed by atoms with E-state index in [0.717, 1.165) is 18.5 Å². The molecule has 14 heavy (non-hydrogen) atoms. The van der Waals surface area contributed by atoms with E-state index in [1.807, 2.05) is 12.4 Å². The van der Waals surface area contributed by atoms with E-state index in [2.05, 4.69) is 29.4 Å². The molecule has 2 heteroatoms. The van der Waals surface area contributed by atoms with Gasteiger partial charge in [-0.3, -0.25) is 4.98 Å². The van der Waals surface area contributed by atoms with Gasteiger partial charge in [-0.15, -0.1) is 0 Å². The van der Waals surface area contributed by atoms with Crippen LogP contribution in [-0.4, -0.2) is 17.6 Å². The van der Waals surface area contributed by atoms with Crippen LogP contribution in [0.2, 0.25) is 0 Å². The molecule has 1 fully saturated rings. The first kappa shape index (κ1) is 9.66. The van der Waals surface area contributed by atoms with Crippen LogP contribution in [0.25, 0.3) is 0 Å². The van der Waals surface area contributed by atoms with E-state index in [1.54, 1.807) is 0 Å². The lowest BCUT2D eigenvalue weighted by molar-refractivity contribution is 0.292. The van der Waals surface area contributed by atoms with E-state index in [4.69, 9.17) is 0 Å². The van der Waals surface area contributed by atoms with Crippen molar-refractivity contribution in [3.63, 3.8) is 0 Å². The maximum absolute atomic E-state index is 4.04. The number of rotatable bonds is 4.